The minimum atomic E-state index is -0.267. The molecular weight excluding hydrogens is 228 g/mol. The highest BCUT2D eigenvalue weighted by Crippen LogP contribution is 2.20. The second-order valence-electron chi connectivity index (χ2n) is 4.31. The Morgan fingerprint density at radius 1 is 1.50 bits per heavy atom. The molecule has 2 rings (SSSR count). The van der Waals surface area contributed by atoms with Crippen LogP contribution >= 0.6 is 0 Å². The molecule has 0 saturated carbocycles. The van der Waals surface area contributed by atoms with Crippen molar-refractivity contribution >= 4 is 17.4 Å². The molecule has 1 amide bonds. The molecule has 0 aliphatic heterocycles. The summed E-state index contributed by atoms with van der Waals surface area (Å²) in [5.41, 5.74) is 8.16. The largest absolute Gasteiger partial charge is 0.399 e. The Morgan fingerprint density at radius 2 is 2.28 bits per heavy atom. The third-order valence-electron chi connectivity index (χ3n) is 2.88. The number of H-pyrrole nitrogens is 1. The fraction of sp³-hybridized carbons (Fsp3) is 0.231. The first-order chi connectivity index (χ1) is 8.58. The lowest BCUT2D eigenvalue weighted by Crippen LogP contribution is -2.19. The second-order valence-corrected chi connectivity index (χ2v) is 4.31. The predicted molar refractivity (Wildman–Crippen MR) is 71.2 cm³/mol. The van der Waals surface area contributed by atoms with Gasteiger partial charge in [-0.1, -0.05) is 12.1 Å². The first-order valence-electron chi connectivity index (χ1n) is 5.74. The standard InChI is InChI=1S/C13H16N4O/c1-8-7-15-17-12(8)16-13(18)9(2)10-4-3-5-11(14)6-10/h3-7,9H,14H2,1-2H3,(H2,15,16,17,18). The average molecular weight is 244 g/mol. The van der Waals surface area contributed by atoms with Crippen molar-refractivity contribution in [3.63, 3.8) is 0 Å². The quantitative estimate of drug-likeness (QED) is 0.722. The number of carbonyl (C=O) groups is 1. The number of aromatic nitrogens is 2. The molecule has 18 heavy (non-hydrogen) atoms. The minimum absolute atomic E-state index is 0.0899. The van der Waals surface area contributed by atoms with Crippen molar-refractivity contribution in [1.82, 2.24) is 10.2 Å². The van der Waals surface area contributed by atoms with Gasteiger partial charge in [-0.25, -0.2) is 0 Å². The zero-order chi connectivity index (χ0) is 13.1. The minimum Gasteiger partial charge on any atom is -0.399 e. The highest BCUT2D eigenvalue weighted by Gasteiger charge is 2.16. The summed E-state index contributed by atoms with van der Waals surface area (Å²) in [5.74, 6) is 0.278. The normalized spacial score (nSPS) is 12.1. The van der Waals surface area contributed by atoms with Gasteiger partial charge < -0.3 is 11.1 Å². The molecule has 0 aliphatic rings. The summed E-state index contributed by atoms with van der Waals surface area (Å²) in [6.07, 6.45) is 1.67. The van der Waals surface area contributed by atoms with Gasteiger partial charge in [-0.15, -0.1) is 0 Å². The molecule has 1 aromatic heterocycles. The maximum Gasteiger partial charge on any atom is 0.232 e. The molecule has 0 fully saturated rings. The number of aromatic amines is 1. The number of benzene rings is 1. The van der Waals surface area contributed by atoms with Gasteiger partial charge in [-0.05, 0) is 31.5 Å². The van der Waals surface area contributed by atoms with E-state index in [1.165, 1.54) is 0 Å². The molecule has 4 N–H and O–H groups in total. The zero-order valence-corrected chi connectivity index (χ0v) is 10.4. The van der Waals surface area contributed by atoms with Crippen molar-refractivity contribution in [2.45, 2.75) is 19.8 Å². The molecule has 0 radical (unpaired) electrons. The Labute approximate surface area is 105 Å². The van der Waals surface area contributed by atoms with Crippen molar-refractivity contribution in [2.24, 2.45) is 0 Å². The SMILES string of the molecule is Cc1cn[nH]c1NC(=O)C(C)c1cccc(N)c1. The Kier molecular flexibility index (Phi) is 3.32. The van der Waals surface area contributed by atoms with Crippen LogP contribution in [-0.2, 0) is 4.79 Å². The van der Waals surface area contributed by atoms with E-state index in [4.69, 9.17) is 5.73 Å². The lowest BCUT2D eigenvalue weighted by molar-refractivity contribution is -0.117. The van der Waals surface area contributed by atoms with Crippen LogP contribution in [0.2, 0.25) is 0 Å². The van der Waals surface area contributed by atoms with Crippen molar-refractivity contribution in [3.05, 3.63) is 41.6 Å². The van der Waals surface area contributed by atoms with E-state index in [9.17, 15) is 4.79 Å². The molecule has 2 aromatic rings. The van der Waals surface area contributed by atoms with E-state index < -0.39 is 0 Å². The number of rotatable bonds is 3. The van der Waals surface area contributed by atoms with E-state index in [2.05, 4.69) is 15.5 Å². The maximum absolute atomic E-state index is 12.1. The monoisotopic (exact) mass is 244 g/mol. The summed E-state index contributed by atoms with van der Waals surface area (Å²) in [7, 11) is 0. The predicted octanol–water partition coefficient (Wildman–Crippen LogP) is 2.04. The van der Waals surface area contributed by atoms with Crippen molar-refractivity contribution in [2.75, 3.05) is 11.1 Å². The molecule has 1 unspecified atom stereocenters. The first kappa shape index (κ1) is 12.2. The van der Waals surface area contributed by atoms with Gasteiger partial charge in [-0.2, -0.15) is 5.10 Å². The molecule has 1 heterocycles. The number of hydrogen-bond donors (Lipinski definition) is 3. The summed E-state index contributed by atoms with van der Waals surface area (Å²) in [5, 5.41) is 9.42. The number of hydrogen-bond acceptors (Lipinski definition) is 3. The van der Waals surface area contributed by atoms with Crippen LogP contribution in [0.15, 0.2) is 30.5 Å². The Bertz CT molecular complexity index is 562. The fourth-order valence-electron chi connectivity index (χ4n) is 1.68. The van der Waals surface area contributed by atoms with Crippen LogP contribution in [-0.4, -0.2) is 16.1 Å². The van der Waals surface area contributed by atoms with Crippen LogP contribution in [0.5, 0.6) is 0 Å². The van der Waals surface area contributed by atoms with Crippen LogP contribution in [0.1, 0.15) is 24.0 Å². The van der Waals surface area contributed by atoms with Gasteiger partial charge in [0.2, 0.25) is 5.91 Å². The van der Waals surface area contributed by atoms with E-state index in [-0.39, 0.29) is 11.8 Å². The molecule has 1 atom stereocenters. The van der Waals surface area contributed by atoms with Gasteiger partial charge in [0.15, 0.2) is 0 Å². The molecule has 1 aromatic carbocycles. The van der Waals surface area contributed by atoms with Crippen LogP contribution in [0.4, 0.5) is 11.5 Å². The third-order valence-corrected chi connectivity index (χ3v) is 2.88. The number of nitrogen functional groups attached to an aromatic ring is 1. The summed E-state index contributed by atoms with van der Waals surface area (Å²) in [4.78, 5) is 12.1. The van der Waals surface area contributed by atoms with Gasteiger partial charge in [0, 0.05) is 11.3 Å². The second kappa shape index (κ2) is 4.91. The van der Waals surface area contributed by atoms with Gasteiger partial charge in [0.25, 0.3) is 0 Å². The maximum atomic E-state index is 12.1. The Hall–Kier alpha value is -2.30. The molecule has 0 aliphatic carbocycles. The number of nitrogens with two attached hydrogens (primary N) is 1. The third kappa shape index (κ3) is 2.51. The molecule has 0 spiro atoms. The van der Waals surface area contributed by atoms with Crippen LogP contribution < -0.4 is 11.1 Å². The number of anilines is 2. The number of nitrogens with zero attached hydrogens (tertiary/aromatic N) is 1. The fourth-order valence-corrected chi connectivity index (χ4v) is 1.68. The highest BCUT2D eigenvalue weighted by molar-refractivity contribution is 5.95. The number of aryl methyl sites for hydroxylation is 1. The molecule has 5 nitrogen and oxygen atoms in total. The Balaban J connectivity index is 2.12. The smallest absolute Gasteiger partial charge is 0.232 e. The topological polar surface area (TPSA) is 83.8 Å². The van der Waals surface area contributed by atoms with Gasteiger partial charge in [-0.3, -0.25) is 9.89 Å². The van der Waals surface area contributed by atoms with Gasteiger partial charge >= 0.3 is 0 Å². The highest BCUT2D eigenvalue weighted by atomic mass is 16.1. The summed E-state index contributed by atoms with van der Waals surface area (Å²) in [6.45, 7) is 3.72. The molecule has 94 valence electrons. The van der Waals surface area contributed by atoms with E-state index >= 15 is 0 Å². The van der Waals surface area contributed by atoms with E-state index in [1.54, 1.807) is 12.3 Å². The molecular formula is C13H16N4O. The number of amides is 1. The van der Waals surface area contributed by atoms with Crippen LogP contribution in [0, 0.1) is 6.92 Å². The number of carbonyl (C=O) groups excluding carboxylic acids is 1. The van der Waals surface area contributed by atoms with E-state index in [0.717, 1.165) is 11.1 Å². The van der Waals surface area contributed by atoms with Gasteiger partial charge in [0.1, 0.15) is 5.82 Å². The van der Waals surface area contributed by atoms with Crippen molar-refractivity contribution in [3.8, 4) is 0 Å². The van der Waals surface area contributed by atoms with Gasteiger partial charge in [0.05, 0.1) is 12.1 Å². The lowest BCUT2D eigenvalue weighted by atomic mass is 10.00. The van der Waals surface area contributed by atoms with Crippen molar-refractivity contribution in [1.29, 1.82) is 0 Å². The lowest BCUT2D eigenvalue weighted by Gasteiger charge is -2.12. The zero-order valence-electron chi connectivity index (χ0n) is 10.4. The van der Waals surface area contributed by atoms with Crippen LogP contribution in [0.3, 0.4) is 0 Å². The average Bonchev–Trinajstić information content (AvgIpc) is 2.74. The first-order valence-corrected chi connectivity index (χ1v) is 5.74. The van der Waals surface area contributed by atoms with E-state index in [1.807, 2.05) is 32.0 Å². The van der Waals surface area contributed by atoms with Crippen molar-refractivity contribution < 1.29 is 4.79 Å². The molecule has 0 bridgehead atoms. The van der Waals surface area contributed by atoms with E-state index in [0.29, 0.717) is 11.5 Å². The Morgan fingerprint density at radius 3 is 2.89 bits per heavy atom. The summed E-state index contributed by atoms with van der Waals surface area (Å²) in [6, 6.07) is 7.34. The summed E-state index contributed by atoms with van der Waals surface area (Å²) >= 11 is 0. The van der Waals surface area contributed by atoms with Crippen LogP contribution in [0.25, 0.3) is 0 Å². The summed E-state index contributed by atoms with van der Waals surface area (Å²) < 4.78 is 0. The molecule has 5 heteroatoms. The number of nitrogens with one attached hydrogen (secondary N) is 2. The molecule has 0 saturated heterocycles.